The zero-order valence-corrected chi connectivity index (χ0v) is 13.8. The molecule has 2 aliphatic rings. The van der Waals surface area contributed by atoms with Crippen molar-refractivity contribution >= 4 is 11.6 Å². The van der Waals surface area contributed by atoms with Gasteiger partial charge in [-0.1, -0.05) is 18.2 Å². The zero-order chi connectivity index (χ0) is 15.6. The minimum absolute atomic E-state index is 0.158. The van der Waals surface area contributed by atoms with Gasteiger partial charge in [0.05, 0.1) is 5.41 Å². The lowest BCUT2D eigenvalue weighted by Gasteiger charge is -2.24. The molecular weight excluding hydrogens is 274 g/mol. The number of likely N-dealkylation sites (tertiary alicyclic amines) is 2. The zero-order valence-electron chi connectivity index (χ0n) is 13.8. The Hall–Kier alpha value is -1.39. The van der Waals surface area contributed by atoms with Crippen molar-refractivity contribution in [3.8, 4) is 0 Å². The summed E-state index contributed by atoms with van der Waals surface area (Å²) in [5.41, 5.74) is 1.94. The maximum atomic E-state index is 12.7. The van der Waals surface area contributed by atoms with Crippen LogP contribution in [-0.2, 0) is 11.3 Å². The second kappa shape index (κ2) is 6.39. The van der Waals surface area contributed by atoms with E-state index in [4.69, 9.17) is 0 Å². The molecule has 1 atom stereocenters. The van der Waals surface area contributed by atoms with E-state index in [2.05, 4.69) is 41.2 Å². The summed E-state index contributed by atoms with van der Waals surface area (Å²) in [6, 6.07) is 8.24. The molecule has 0 aromatic heterocycles. The first-order chi connectivity index (χ1) is 10.6. The Balaban J connectivity index is 1.70. The molecule has 4 nitrogen and oxygen atoms in total. The third kappa shape index (κ3) is 3.33. The van der Waals surface area contributed by atoms with Gasteiger partial charge in [0.2, 0.25) is 5.91 Å². The summed E-state index contributed by atoms with van der Waals surface area (Å²) in [6.07, 6.45) is 3.52. The van der Waals surface area contributed by atoms with Crippen molar-refractivity contribution in [3.63, 3.8) is 0 Å². The lowest BCUT2D eigenvalue weighted by Crippen LogP contribution is -2.36. The number of benzene rings is 1. The van der Waals surface area contributed by atoms with Crippen LogP contribution in [-0.4, -0.2) is 48.9 Å². The van der Waals surface area contributed by atoms with Crippen molar-refractivity contribution in [1.29, 1.82) is 0 Å². The highest BCUT2D eigenvalue weighted by atomic mass is 16.2. The van der Waals surface area contributed by atoms with Crippen molar-refractivity contribution in [2.75, 3.05) is 38.5 Å². The van der Waals surface area contributed by atoms with Gasteiger partial charge in [-0.05, 0) is 64.5 Å². The number of rotatable bonds is 4. The maximum absolute atomic E-state index is 12.7. The van der Waals surface area contributed by atoms with Crippen LogP contribution in [0.25, 0.3) is 0 Å². The highest BCUT2D eigenvalue weighted by molar-refractivity contribution is 5.96. The molecule has 0 saturated carbocycles. The Bertz CT molecular complexity index is 539. The fraction of sp³-hybridized carbons (Fsp3) is 0.611. The van der Waals surface area contributed by atoms with E-state index >= 15 is 0 Å². The number of nitrogens with zero attached hydrogens (tertiary/aromatic N) is 2. The molecule has 3 rings (SSSR count). The molecular formula is C18H27N3O. The molecule has 1 unspecified atom stereocenters. The lowest BCUT2D eigenvalue weighted by atomic mass is 9.88. The van der Waals surface area contributed by atoms with Gasteiger partial charge in [0.15, 0.2) is 0 Å². The summed E-state index contributed by atoms with van der Waals surface area (Å²) in [4.78, 5) is 17.4. The minimum Gasteiger partial charge on any atom is -0.325 e. The van der Waals surface area contributed by atoms with E-state index in [-0.39, 0.29) is 11.3 Å². The van der Waals surface area contributed by atoms with Crippen molar-refractivity contribution < 1.29 is 4.79 Å². The van der Waals surface area contributed by atoms with Crippen LogP contribution in [0.15, 0.2) is 24.3 Å². The number of hydrogen-bond donors (Lipinski definition) is 1. The summed E-state index contributed by atoms with van der Waals surface area (Å²) in [7, 11) is 2.08. The highest BCUT2D eigenvalue weighted by Gasteiger charge is 2.39. The molecule has 2 fully saturated rings. The Labute approximate surface area is 133 Å². The van der Waals surface area contributed by atoms with Crippen LogP contribution < -0.4 is 5.32 Å². The molecule has 1 N–H and O–H groups in total. The first kappa shape index (κ1) is 15.5. The number of amides is 1. The maximum Gasteiger partial charge on any atom is 0.231 e. The first-order valence-corrected chi connectivity index (χ1v) is 8.37. The Morgan fingerprint density at radius 1 is 1.23 bits per heavy atom. The molecule has 0 spiro atoms. The van der Waals surface area contributed by atoms with Crippen molar-refractivity contribution in [2.24, 2.45) is 5.41 Å². The Morgan fingerprint density at radius 3 is 2.64 bits per heavy atom. The topological polar surface area (TPSA) is 35.6 Å². The molecule has 2 aliphatic heterocycles. The molecule has 22 heavy (non-hydrogen) atoms. The van der Waals surface area contributed by atoms with E-state index in [0.717, 1.165) is 31.7 Å². The van der Waals surface area contributed by atoms with Crippen LogP contribution in [0.4, 0.5) is 5.69 Å². The number of anilines is 1. The van der Waals surface area contributed by atoms with Crippen LogP contribution >= 0.6 is 0 Å². The van der Waals surface area contributed by atoms with Crippen molar-refractivity contribution in [1.82, 2.24) is 9.80 Å². The van der Waals surface area contributed by atoms with Gasteiger partial charge in [0.1, 0.15) is 0 Å². The molecule has 1 aromatic carbocycles. The van der Waals surface area contributed by atoms with Gasteiger partial charge >= 0.3 is 0 Å². The number of carbonyl (C=O) groups excluding carboxylic acids is 1. The van der Waals surface area contributed by atoms with Crippen LogP contribution in [0.1, 0.15) is 31.7 Å². The molecule has 4 heteroatoms. The molecule has 1 aromatic rings. The predicted molar refractivity (Wildman–Crippen MR) is 89.8 cm³/mol. The van der Waals surface area contributed by atoms with E-state index in [1.165, 1.54) is 31.5 Å². The first-order valence-electron chi connectivity index (χ1n) is 8.37. The van der Waals surface area contributed by atoms with Crippen LogP contribution in [0.3, 0.4) is 0 Å². The second-order valence-electron chi connectivity index (χ2n) is 7.14. The Morgan fingerprint density at radius 2 is 1.95 bits per heavy atom. The third-order valence-electron chi connectivity index (χ3n) is 5.07. The van der Waals surface area contributed by atoms with E-state index in [1.807, 2.05) is 12.1 Å². The monoisotopic (exact) mass is 301 g/mol. The van der Waals surface area contributed by atoms with Crippen LogP contribution in [0.2, 0.25) is 0 Å². The summed E-state index contributed by atoms with van der Waals surface area (Å²) >= 11 is 0. The number of carbonyl (C=O) groups is 1. The average molecular weight is 301 g/mol. The predicted octanol–water partition coefficient (Wildman–Crippen LogP) is 2.56. The fourth-order valence-corrected chi connectivity index (χ4v) is 3.61. The van der Waals surface area contributed by atoms with E-state index in [0.29, 0.717) is 0 Å². The molecule has 0 radical (unpaired) electrons. The van der Waals surface area contributed by atoms with Gasteiger partial charge in [0, 0.05) is 18.8 Å². The third-order valence-corrected chi connectivity index (χ3v) is 5.07. The van der Waals surface area contributed by atoms with Gasteiger partial charge in [-0.25, -0.2) is 0 Å². The number of hydrogen-bond acceptors (Lipinski definition) is 3. The van der Waals surface area contributed by atoms with Gasteiger partial charge in [-0.2, -0.15) is 0 Å². The fourth-order valence-electron chi connectivity index (χ4n) is 3.61. The normalized spacial score (nSPS) is 26.5. The van der Waals surface area contributed by atoms with Gasteiger partial charge in [-0.3, -0.25) is 9.69 Å². The number of nitrogens with one attached hydrogen (secondary N) is 1. The van der Waals surface area contributed by atoms with Crippen molar-refractivity contribution in [2.45, 2.75) is 32.7 Å². The minimum atomic E-state index is -0.268. The lowest BCUT2D eigenvalue weighted by molar-refractivity contribution is -0.124. The summed E-state index contributed by atoms with van der Waals surface area (Å²) in [5.74, 6) is 0.158. The smallest absolute Gasteiger partial charge is 0.231 e. The van der Waals surface area contributed by atoms with E-state index < -0.39 is 0 Å². The van der Waals surface area contributed by atoms with Gasteiger partial charge < -0.3 is 10.2 Å². The quantitative estimate of drug-likeness (QED) is 0.928. The van der Waals surface area contributed by atoms with Gasteiger partial charge in [0.25, 0.3) is 0 Å². The summed E-state index contributed by atoms with van der Waals surface area (Å²) in [5, 5.41) is 3.20. The van der Waals surface area contributed by atoms with E-state index in [9.17, 15) is 4.79 Å². The summed E-state index contributed by atoms with van der Waals surface area (Å²) < 4.78 is 0. The standard InChI is InChI=1S/C18H27N3O/c1-18(9-12-20(2)14-18)17(22)19-16-8-4-3-7-15(16)13-21-10-5-6-11-21/h3-4,7-8H,5-6,9-14H2,1-2H3,(H,19,22). The summed E-state index contributed by atoms with van der Waals surface area (Å²) in [6.45, 7) is 7.20. The van der Waals surface area contributed by atoms with E-state index in [1.54, 1.807) is 0 Å². The SMILES string of the molecule is CN1CCC(C)(C(=O)Nc2ccccc2CN2CCCC2)C1. The molecule has 0 aliphatic carbocycles. The largest absolute Gasteiger partial charge is 0.325 e. The number of para-hydroxylation sites is 1. The van der Waals surface area contributed by atoms with Gasteiger partial charge in [-0.15, -0.1) is 0 Å². The molecule has 2 saturated heterocycles. The van der Waals surface area contributed by atoms with Crippen molar-refractivity contribution in [3.05, 3.63) is 29.8 Å². The Kier molecular flexibility index (Phi) is 4.50. The molecule has 0 bridgehead atoms. The molecule has 120 valence electrons. The molecule has 1 amide bonds. The van der Waals surface area contributed by atoms with Crippen LogP contribution in [0, 0.1) is 5.41 Å². The van der Waals surface area contributed by atoms with Crippen LogP contribution in [0.5, 0.6) is 0 Å². The highest BCUT2D eigenvalue weighted by Crippen LogP contribution is 2.31. The molecule has 2 heterocycles. The second-order valence-corrected chi connectivity index (χ2v) is 7.14. The average Bonchev–Trinajstić information content (AvgIpc) is 3.12.